The first-order valence-corrected chi connectivity index (χ1v) is 9.24. The molecule has 0 heterocycles. The average molecular weight is 379 g/mol. The molecule has 4 N–H and O–H groups in total. The quantitative estimate of drug-likeness (QED) is 0.332. The summed E-state index contributed by atoms with van der Waals surface area (Å²) in [5, 5.41) is 18.6. The highest BCUT2D eigenvalue weighted by Gasteiger charge is 2.24. The van der Waals surface area contributed by atoms with Gasteiger partial charge >= 0.3 is 6.09 Å². The predicted octanol–water partition coefficient (Wildman–Crippen LogP) is 2.79. The summed E-state index contributed by atoms with van der Waals surface area (Å²) in [6.07, 6.45) is 1.41. The van der Waals surface area contributed by atoms with Crippen LogP contribution in [-0.4, -0.2) is 48.4 Å². The molecule has 0 saturated heterocycles. The maximum Gasteiger partial charge on any atom is 0.408 e. The predicted molar refractivity (Wildman–Crippen MR) is 109 cm³/mol. The molecule has 1 amide bonds. The summed E-state index contributed by atoms with van der Waals surface area (Å²) < 4.78 is 5.30. The van der Waals surface area contributed by atoms with Gasteiger partial charge in [-0.15, -0.1) is 0 Å². The Kier molecular flexibility index (Phi) is 8.40. The van der Waals surface area contributed by atoms with Crippen LogP contribution in [0, 0.1) is 0 Å². The van der Waals surface area contributed by atoms with Gasteiger partial charge in [-0.1, -0.05) is 12.1 Å². The first-order chi connectivity index (χ1) is 12.5. The van der Waals surface area contributed by atoms with Crippen LogP contribution in [0.15, 0.2) is 29.3 Å². The lowest BCUT2D eigenvalue weighted by Crippen LogP contribution is -2.54. The van der Waals surface area contributed by atoms with Crippen molar-refractivity contribution >= 4 is 12.1 Å². The van der Waals surface area contributed by atoms with Crippen LogP contribution in [0.2, 0.25) is 0 Å². The number of carbonyl (C=O) groups excluding carboxylic acids is 1. The van der Waals surface area contributed by atoms with Crippen LogP contribution in [-0.2, 0) is 11.2 Å². The molecule has 1 aromatic rings. The van der Waals surface area contributed by atoms with E-state index < -0.39 is 17.2 Å². The summed E-state index contributed by atoms with van der Waals surface area (Å²) in [7, 11) is 1.71. The van der Waals surface area contributed by atoms with E-state index in [0.717, 1.165) is 19.4 Å². The summed E-state index contributed by atoms with van der Waals surface area (Å²) in [6.45, 7) is 10.6. The lowest BCUT2D eigenvalue weighted by molar-refractivity contribution is 0.0474. The standard InChI is InChI=1S/C20H34N4O3/c1-19(2,3)27-18(26)24-20(4,5)14-23-17(21-6)22-13-7-8-15-9-11-16(25)12-10-15/h9-12,25H,7-8,13-14H2,1-6H3,(H,24,26)(H2,21,22,23). The van der Waals surface area contributed by atoms with Crippen molar-refractivity contribution in [3.63, 3.8) is 0 Å². The third kappa shape index (κ3) is 10.3. The minimum atomic E-state index is -0.525. The number of hydrogen-bond acceptors (Lipinski definition) is 4. The Bertz CT molecular complexity index is 619. The lowest BCUT2D eigenvalue weighted by atomic mass is 10.1. The number of nitrogens with one attached hydrogen (secondary N) is 3. The summed E-state index contributed by atoms with van der Waals surface area (Å²) >= 11 is 0. The first kappa shape index (κ1) is 22.6. The van der Waals surface area contributed by atoms with Gasteiger partial charge < -0.3 is 25.8 Å². The summed E-state index contributed by atoms with van der Waals surface area (Å²) in [5.74, 6) is 0.962. The number of aryl methyl sites for hydroxylation is 1. The number of hydrogen-bond donors (Lipinski definition) is 4. The Morgan fingerprint density at radius 3 is 2.30 bits per heavy atom. The van der Waals surface area contributed by atoms with Gasteiger partial charge in [0.1, 0.15) is 11.4 Å². The number of alkyl carbamates (subject to hydrolysis) is 1. The number of phenols is 1. The molecular weight excluding hydrogens is 344 g/mol. The van der Waals surface area contributed by atoms with Gasteiger partial charge in [-0.2, -0.15) is 0 Å². The van der Waals surface area contributed by atoms with E-state index in [2.05, 4.69) is 20.9 Å². The fraction of sp³-hybridized carbons (Fsp3) is 0.600. The summed E-state index contributed by atoms with van der Waals surface area (Å²) in [5.41, 5.74) is 0.162. The molecule has 7 heteroatoms. The molecule has 0 aliphatic rings. The molecule has 27 heavy (non-hydrogen) atoms. The van der Waals surface area contributed by atoms with Crippen LogP contribution in [0.3, 0.4) is 0 Å². The Balaban J connectivity index is 2.33. The number of aromatic hydroxyl groups is 1. The van der Waals surface area contributed by atoms with E-state index in [9.17, 15) is 9.90 Å². The molecule has 7 nitrogen and oxygen atoms in total. The highest BCUT2D eigenvalue weighted by Crippen LogP contribution is 2.11. The average Bonchev–Trinajstić information content (AvgIpc) is 2.53. The summed E-state index contributed by atoms with van der Waals surface area (Å²) in [6, 6.07) is 7.24. The normalized spacial score (nSPS) is 12.4. The van der Waals surface area contributed by atoms with Crippen LogP contribution in [0.4, 0.5) is 4.79 Å². The smallest absolute Gasteiger partial charge is 0.408 e. The number of aliphatic imine (C=N–C) groups is 1. The zero-order valence-corrected chi connectivity index (χ0v) is 17.3. The third-order valence-corrected chi connectivity index (χ3v) is 3.63. The number of amides is 1. The van der Waals surface area contributed by atoms with Crippen molar-refractivity contribution in [3.05, 3.63) is 29.8 Å². The molecule has 0 atom stereocenters. The SMILES string of the molecule is CN=C(NCCCc1ccc(O)cc1)NCC(C)(C)NC(=O)OC(C)(C)C. The fourth-order valence-corrected chi connectivity index (χ4v) is 2.31. The van der Waals surface area contributed by atoms with E-state index in [1.807, 2.05) is 46.8 Å². The number of ether oxygens (including phenoxy) is 1. The fourth-order valence-electron chi connectivity index (χ4n) is 2.31. The van der Waals surface area contributed by atoms with Crippen LogP contribution in [0.5, 0.6) is 5.75 Å². The van der Waals surface area contributed by atoms with E-state index in [0.29, 0.717) is 12.5 Å². The van der Waals surface area contributed by atoms with Gasteiger partial charge in [0.05, 0.1) is 5.54 Å². The van der Waals surface area contributed by atoms with Gasteiger partial charge in [0, 0.05) is 20.1 Å². The van der Waals surface area contributed by atoms with Crippen molar-refractivity contribution in [2.45, 2.75) is 58.6 Å². The third-order valence-electron chi connectivity index (χ3n) is 3.63. The number of phenolic OH excluding ortho intramolecular Hbond substituents is 1. The minimum absolute atomic E-state index is 0.282. The van der Waals surface area contributed by atoms with Crippen molar-refractivity contribution in [1.82, 2.24) is 16.0 Å². The number of benzene rings is 1. The molecule has 0 aromatic heterocycles. The second kappa shape index (κ2) is 10.0. The van der Waals surface area contributed by atoms with E-state index in [-0.39, 0.29) is 5.75 Å². The molecule has 152 valence electrons. The highest BCUT2D eigenvalue weighted by atomic mass is 16.6. The van der Waals surface area contributed by atoms with Gasteiger partial charge in [0.2, 0.25) is 0 Å². The number of guanidine groups is 1. The van der Waals surface area contributed by atoms with Crippen molar-refractivity contribution in [3.8, 4) is 5.75 Å². The molecule has 0 saturated carbocycles. The van der Waals surface area contributed by atoms with Gasteiger partial charge in [-0.3, -0.25) is 4.99 Å². The molecular formula is C20H34N4O3. The van der Waals surface area contributed by atoms with Gasteiger partial charge in [0.25, 0.3) is 0 Å². The zero-order valence-electron chi connectivity index (χ0n) is 17.3. The largest absolute Gasteiger partial charge is 0.508 e. The molecule has 0 radical (unpaired) electrons. The van der Waals surface area contributed by atoms with E-state index >= 15 is 0 Å². The molecule has 0 spiro atoms. The maximum atomic E-state index is 11.9. The minimum Gasteiger partial charge on any atom is -0.508 e. The zero-order chi connectivity index (χ0) is 20.5. The number of nitrogens with zero attached hydrogens (tertiary/aromatic N) is 1. The van der Waals surface area contributed by atoms with Crippen molar-refractivity contribution < 1.29 is 14.6 Å². The Morgan fingerprint density at radius 1 is 1.11 bits per heavy atom. The summed E-state index contributed by atoms with van der Waals surface area (Å²) in [4.78, 5) is 16.1. The van der Waals surface area contributed by atoms with Gasteiger partial charge in [-0.25, -0.2) is 4.79 Å². The lowest BCUT2D eigenvalue weighted by Gasteiger charge is -2.29. The number of carbonyl (C=O) groups is 1. The molecule has 1 aromatic carbocycles. The van der Waals surface area contributed by atoms with Crippen LogP contribution in [0.25, 0.3) is 0 Å². The van der Waals surface area contributed by atoms with E-state index in [4.69, 9.17) is 4.74 Å². The van der Waals surface area contributed by atoms with Crippen molar-refractivity contribution in [2.24, 2.45) is 4.99 Å². The molecule has 0 aliphatic heterocycles. The number of rotatable bonds is 7. The highest BCUT2D eigenvalue weighted by molar-refractivity contribution is 5.79. The Hall–Kier alpha value is -2.44. The van der Waals surface area contributed by atoms with E-state index in [1.54, 1.807) is 19.2 Å². The van der Waals surface area contributed by atoms with Gasteiger partial charge in [-0.05, 0) is 65.2 Å². The van der Waals surface area contributed by atoms with Crippen molar-refractivity contribution in [2.75, 3.05) is 20.1 Å². The van der Waals surface area contributed by atoms with Crippen LogP contribution < -0.4 is 16.0 Å². The topological polar surface area (TPSA) is 95.0 Å². The van der Waals surface area contributed by atoms with Gasteiger partial charge in [0.15, 0.2) is 5.96 Å². The molecule has 1 rings (SSSR count). The molecule has 0 bridgehead atoms. The van der Waals surface area contributed by atoms with Crippen LogP contribution in [0.1, 0.15) is 46.6 Å². The first-order valence-electron chi connectivity index (χ1n) is 9.24. The second-order valence-electron chi connectivity index (χ2n) is 8.13. The monoisotopic (exact) mass is 378 g/mol. The maximum absolute atomic E-state index is 11.9. The molecule has 0 fully saturated rings. The van der Waals surface area contributed by atoms with E-state index in [1.165, 1.54) is 5.56 Å². The second-order valence-corrected chi connectivity index (χ2v) is 8.13. The Morgan fingerprint density at radius 2 is 1.74 bits per heavy atom. The Labute approximate surface area is 162 Å². The molecule has 0 aliphatic carbocycles. The van der Waals surface area contributed by atoms with Crippen molar-refractivity contribution in [1.29, 1.82) is 0 Å². The molecule has 0 unspecified atom stereocenters. The van der Waals surface area contributed by atoms with Crippen LogP contribution >= 0.6 is 0 Å².